The van der Waals surface area contributed by atoms with E-state index in [1.54, 1.807) is 6.92 Å². The third-order valence-electron chi connectivity index (χ3n) is 2.74. The second-order valence-corrected chi connectivity index (χ2v) is 5.25. The van der Waals surface area contributed by atoms with Gasteiger partial charge in [-0.05, 0) is 27.2 Å². The lowest BCUT2D eigenvalue weighted by atomic mass is 10.0. The lowest BCUT2D eigenvalue weighted by molar-refractivity contribution is 0.619. The maximum atomic E-state index is 9.16. The first kappa shape index (κ1) is 16.0. The summed E-state index contributed by atoms with van der Waals surface area (Å²) in [5, 5.41) is 24.3. The van der Waals surface area contributed by atoms with Crippen molar-refractivity contribution in [3.63, 3.8) is 0 Å². The summed E-state index contributed by atoms with van der Waals surface area (Å²) < 4.78 is 0. The monoisotopic (exact) mass is 292 g/mol. The van der Waals surface area contributed by atoms with E-state index < -0.39 is 5.54 Å². The van der Waals surface area contributed by atoms with Crippen molar-refractivity contribution in [1.82, 2.24) is 9.97 Å². The molecule has 0 saturated heterocycles. The Balaban J connectivity index is 3.22. The summed E-state index contributed by atoms with van der Waals surface area (Å²) in [5.74, 6) is 0.587. The normalized spacial score (nSPS) is 13.2. The molecular weight excluding hydrogens is 276 g/mol. The second kappa shape index (κ2) is 6.40. The zero-order valence-corrected chi connectivity index (χ0v) is 12.7. The standard InChI is InChI=1S/C13H17ClN6/c1-5-13(4,7-16)20-12-18-10(14)9(6-15)11(19-12)17-8(2)3/h8H,5H2,1-4H3,(H2,17,18,19,20). The number of aromatic nitrogens is 2. The van der Waals surface area contributed by atoms with E-state index in [9.17, 15) is 0 Å². The lowest BCUT2D eigenvalue weighted by Crippen LogP contribution is -2.33. The molecule has 0 bridgehead atoms. The Hall–Kier alpha value is -2.05. The number of rotatable bonds is 5. The predicted molar refractivity (Wildman–Crippen MR) is 78.4 cm³/mol. The first-order valence-corrected chi connectivity index (χ1v) is 6.66. The first-order chi connectivity index (χ1) is 9.35. The van der Waals surface area contributed by atoms with Crippen molar-refractivity contribution in [2.45, 2.75) is 45.7 Å². The molecule has 6 nitrogen and oxygen atoms in total. The number of hydrogen-bond donors (Lipinski definition) is 2. The second-order valence-electron chi connectivity index (χ2n) is 4.89. The topological polar surface area (TPSA) is 97.4 Å². The largest absolute Gasteiger partial charge is 0.367 e. The minimum Gasteiger partial charge on any atom is -0.367 e. The van der Waals surface area contributed by atoms with Crippen molar-refractivity contribution in [2.24, 2.45) is 0 Å². The number of nitrogens with zero attached hydrogens (tertiary/aromatic N) is 4. The lowest BCUT2D eigenvalue weighted by Gasteiger charge is -2.22. The summed E-state index contributed by atoms with van der Waals surface area (Å²) in [7, 11) is 0. The van der Waals surface area contributed by atoms with Crippen molar-refractivity contribution in [1.29, 1.82) is 10.5 Å². The molecule has 2 N–H and O–H groups in total. The molecule has 0 aliphatic carbocycles. The fourth-order valence-electron chi connectivity index (χ4n) is 1.41. The molecule has 1 rings (SSSR count). The Bertz CT molecular complexity index is 571. The maximum absolute atomic E-state index is 9.16. The molecule has 7 heteroatoms. The molecule has 0 fully saturated rings. The molecule has 0 aliphatic rings. The average molecular weight is 293 g/mol. The van der Waals surface area contributed by atoms with Gasteiger partial charge in [0.1, 0.15) is 17.2 Å². The van der Waals surface area contributed by atoms with Gasteiger partial charge in [0.25, 0.3) is 0 Å². The third-order valence-corrected chi connectivity index (χ3v) is 3.02. The molecule has 1 heterocycles. The van der Waals surface area contributed by atoms with E-state index in [4.69, 9.17) is 22.1 Å². The smallest absolute Gasteiger partial charge is 0.227 e. The van der Waals surface area contributed by atoms with E-state index in [0.717, 1.165) is 0 Å². The van der Waals surface area contributed by atoms with E-state index in [1.165, 1.54) is 0 Å². The number of anilines is 2. The summed E-state index contributed by atoms with van der Waals surface area (Å²) in [5.41, 5.74) is -0.590. The number of nitriles is 2. The first-order valence-electron chi connectivity index (χ1n) is 6.28. The van der Waals surface area contributed by atoms with Crippen LogP contribution < -0.4 is 10.6 Å². The van der Waals surface area contributed by atoms with Crippen LogP contribution in [0.1, 0.15) is 39.7 Å². The van der Waals surface area contributed by atoms with E-state index in [-0.39, 0.29) is 22.7 Å². The van der Waals surface area contributed by atoms with Gasteiger partial charge in [0.05, 0.1) is 6.07 Å². The van der Waals surface area contributed by atoms with Gasteiger partial charge in [-0.25, -0.2) is 0 Å². The molecule has 0 spiro atoms. The molecule has 1 atom stereocenters. The van der Waals surface area contributed by atoms with Crippen molar-refractivity contribution in [2.75, 3.05) is 10.6 Å². The Morgan fingerprint density at radius 2 is 2.00 bits per heavy atom. The Morgan fingerprint density at radius 1 is 1.35 bits per heavy atom. The van der Waals surface area contributed by atoms with Crippen molar-refractivity contribution < 1.29 is 0 Å². The van der Waals surface area contributed by atoms with E-state index >= 15 is 0 Å². The van der Waals surface area contributed by atoms with Crippen LogP contribution in [0.15, 0.2) is 0 Å². The van der Waals surface area contributed by atoms with Crippen LogP contribution in [0.5, 0.6) is 0 Å². The molecule has 1 aromatic heterocycles. The van der Waals surface area contributed by atoms with Gasteiger partial charge >= 0.3 is 0 Å². The van der Waals surface area contributed by atoms with Gasteiger partial charge in [0, 0.05) is 6.04 Å². The van der Waals surface area contributed by atoms with Crippen molar-refractivity contribution >= 4 is 23.4 Å². The Morgan fingerprint density at radius 3 is 2.45 bits per heavy atom. The number of nitrogens with one attached hydrogen (secondary N) is 2. The molecule has 0 saturated carbocycles. The quantitative estimate of drug-likeness (QED) is 0.810. The molecule has 0 amide bonds. The Kier molecular flexibility index (Phi) is 5.12. The fraction of sp³-hybridized carbons (Fsp3) is 0.538. The minimum atomic E-state index is -0.785. The third kappa shape index (κ3) is 3.72. The Labute approximate surface area is 123 Å². The highest BCUT2D eigenvalue weighted by atomic mass is 35.5. The van der Waals surface area contributed by atoms with Crippen LogP contribution in [0.2, 0.25) is 5.15 Å². The van der Waals surface area contributed by atoms with E-state index in [0.29, 0.717) is 12.2 Å². The van der Waals surface area contributed by atoms with Crippen molar-refractivity contribution in [3.8, 4) is 12.1 Å². The van der Waals surface area contributed by atoms with E-state index in [1.807, 2.05) is 26.8 Å². The highest BCUT2D eigenvalue weighted by Gasteiger charge is 2.23. The van der Waals surface area contributed by atoms with Crippen LogP contribution in [0.25, 0.3) is 0 Å². The molecule has 1 aromatic rings. The molecule has 0 aromatic carbocycles. The molecule has 106 valence electrons. The van der Waals surface area contributed by atoms with Crippen LogP contribution in [0.4, 0.5) is 11.8 Å². The molecule has 0 aliphatic heterocycles. The van der Waals surface area contributed by atoms with Gasteiger partial charge in [-0.2, -0.15) is 20.5 Å². The summed E-state index contributed by atoms with van der Waals surface area (Å²) in [4.78, 5) is 8.26. The molecule has 0 radical (unpaired) electrons. The molecule has 1 unspecified atom stereocenters. The van der Waals surface area contributed by atoms with Gasteiger partial charge in [0.15, 0.2) is 11.0 Å². The summed E-state index contributed by atoms with van der Waals surface area (Å²) in [6, 6.07) is 4.23. The molecule has 20 heavy (non-hydrogen) atoms. The van der Waals surface area contributed by atoms with Crippen LogP contribution in [-0.4, -0.2) is 21.5 Å². The summed E-state index contributed by atoms with van der Waals surface area (Å²) in [6.45, 7) is 7.48. The number of hydrogen-bond acceptors (Lipinski definition) is 6. The maximum Gasteiger partial charge on any atom is 0.227 e. The summed E-state index contributed by atoms with van der Waals surface area (Å²) >= 11 is 6.00. The zero-order valence-electron chi connectivity index (χ0n) is 12.0. The number of halogens is 1. The van der Waals surface area contributed by atoms with Gasteiger partial charge in [0.2, 0.25) is 5.95 Å². The van der Waals surface area contributed by atoms with E-state index in [2.05, 4.69) is 26.7 Å². The van der Waals surface area contributed by atoms with Crippen molar-refractivity contribution in [3.05, 3.63) is 10.7 Å². The van der Waals surface area contributed by atoms with Crippen LogP contribution in [-0.2, 0) is 0 Å². The molecular formula is C13H17ClN6. The highest BCUT2D eigenvalue weighted by molar-refractivity contribution is 6.31. The SMILES string of the molecule is CCC(C)(C#N)Nc1nc(Cl)c(C#N)c(NC(C)C)n1. The minimum absolute atomic E-state index is 0.0598. The fourth-order valence-corrected chi connectivity index (χ4v) is 1.62. The zero-order chi connectivity index (χ0) is 15.3. The average Bonchev–Trinajstić information content (AvgIpc) is 2.37. The van der Waals surface area contributed by atoms with Crippen LogP contribution >= 0.6 is 11.6 Å². The van der Waals surface area contributed by atoms with Gasteiger partial charge in [-0.15, -0.1) is 0 Å². The van der Waals surface area contributed by atoms with Gasteiger partial charge in [-0.1, -0.05) is 18.5 Å². The predicted octanol–water partition coefficient (Wildman–Crippen LogP) is 2.93. The van der Waals surface area contributed by atoms with Gasteiger partial charge in [-0.3, -0.25) is 0 Å². The van der Waals surface area contributed by atoms with Crippen LogP contribution in [0, 0.1) is 22.7 Å². The van der Waals surface area contributed by atoms with Crippen LogP contribution in [0.3, 0.4) is 0 Å². The summed E-state index contributed by atoms with van der Waals surface area (Å²) in [6.07, 6.45) is 0.581. The van der Waals surface area contributed by atoms with Gasteiger partial charge < -0.3 is 10.6 Å². The highest BCUT2D eigenvalue weighted by Crippen LogP contribution is 2.24.